The van der Waals surface area contributed by atoms with Crippen LogP contribution in [0.4, 0.5) is 0 Å². The summed E-state index contributed by atoms with van der Waals surface area (Å²) in [6.45, 7) is 2.23. The number of aryl methyl sites for hydroxylation is 1. The van der Waals surface area contributed by atoms with Crippen molar-refractivity contribution in [1.82, 2.24) is 0 Å². The van der Waals surface area contributed by atoms with Crippen LogP contribution in [-0.2, 0) is 6.42 Å². The summed E-state index contributed by atoms with van der Waals surface area (Å²) in [5.41, 5.74) is 1.26. The number of phenolic OH excluding ortho intramolecular Hbond substituents is 1. The Labute approximate surface area is 137 Å². The molecule has 0 aliphatic carbocycles. The summed E-state index contributed by atoms with van der Waals surface area (Å²) in [6, 6.07) is 7.66. The number of benzene rings is 1. The van der Waals surface area contributed by atoms with Gasteiger partial charge >= 0.3 is 0 Å². The second-order valence-corrected chi connectivity index (χ2v) is 6.30. The molecule has 0 saturated heterocycles. The number of hydrogen-bond acceptors (Lipinski definition) is 1. The molecule has 1 aromatic rings. The maximum absolute atomic E-state index is 9.41. The molecule has 0 radical (unpaired) electrons. The van der Waals surface area contributed by atoms with Crippen molar-refractivity contribution in [2.45, 2.75) is 84.0 Å². The first-order chi connectivity index (χ1) is 10.8. The van der Waals surface area contributed by atoms with E-state index in [2.05, 4.69) is 25.1 Å². The zero-order valence-electron chi connectivity index (χ0n) is 14.4. The van der Waals surface area contributed by atoms with E-state index in [-0.39, 0.29) is 0 Å². The van der Waals surface area contributed by atoms with Crippen LogP contribution in [0, 0.1) is 0 Å². The Hall–Kier alpha value is -1.24. The fraction of sp³-hybridized carbons (Fsp3) is 0.619. The van der Waals surface area contributed by atoms with Crippen molar-refractivity contribution in [2.75, 3.05) is 0 Å². The van der Waals surface area contributed by atoms with Gasteiger partial charge in [0.05, 0.1) is 0 Å². The molecule has 0 spiro atoms. The summed E-state index contributed by atoms with van der Waals surface area (Å²) in [5, 5.41) is 9.41. The van der Waals surface area contributed by atoms with Gasteiger partial charge in [-0.3, -0.25) is 0 Å². The Balaban J connectivity index is 1.84. The minimum absolute atomic E-state index is 0.391. The zero-order valence-corrected chi connectivity index (χ0v) is 14.4. The second-order valence-electron chi connectivity index (χ2n) is 6.30. The molecule has 0 aromatic heterocycles. The Morgan fingerprint density at radius 2 is 1.45 bits per heavy atom. The van der Waals surface area contributed by atoms with Gasteiger partial charge in [-0.15, -0.1) is 0 Å². The topological polar surface area (TPSA) is 20.2 Å². The standard InChI is InChI=1S/C21H34O/c1-2-3-4-5-6-7-8-9-10-11-12-13-14-16-20-17-15-18-21(22)19-20/h4-5,15,17-19,22H,2-3,6-14,16H2,1H3/b5-4-. The van der Waals surface area contributed by atoms with Gasteiger partial charge in [-0.2, -0.15) is 0 Å². The molecule has 0 unspecified atom stereocenters. The molecule has 1 heteroatoms. The summed E-state index contributed by atoms with van der Waals surface area (Å²) in [6.07, 6.45) is 20.4. The molecule has 0 aliphatic rings. The van der Waals surface area contributed by atoms with Crippen LogP contribution in [0.3, 0.4) is 0 Å². The monoisotopic (exact) mass is 302 g/mol. The average molecular weight is 303 g/mol. The highest BCUT2D eigenvalue weighted by atomic mass is 16.3. The van der Waals surface area contributed by atoms with E-state index in [1.165, 1.54) is 76.2 Å². The molecule has 0 aliphatic heterocycles. The number of allylic oxidation sites excluding steroid dienone is 2. The highest BCUT2D eigenvalue weighted by Crippen LogP contribution is 2.15. The molecule has 22 heavy (non-hydrogen) atoms. The van der Waals surface area contributed by atoms with Gasteiger partial charge in [0.15, 0.2) is 0 Å². The summed E-state index contributed by atoms with van der Waals surface area (Å²) in [5.74, 6) is 0.391. The van der Waals surface area contributed by atoms with Gasteiger partial charge in [-0.05, 0) is 49.8 Å². The van der Waals surface area contributed by atoms with E-state index in [4.69, 9.17) is 0 Å². The maximum Gasteiger partial charge on any atom is 0.115 e. The molecule has 1 nitrogen and oxygen atoms in total. The van der Waals surface area contributed by atoms with E-state index in [9.17, 15) is 5.11 Å². The van der Waals surface area contributed by atoms with Crippen LogP contribution in [0.2, 0.25) is 0 Å². The fourth-order valence-corrected chi connectivity index (χ4v) is 2.77. The summed E-state index contributed by atoms with van der Waals surface area (Å²) in [7, 11) is 0. The van der Waals surface area contributed by atoms with Gasteiger partial charge in [-0.25, -0.2) is 0 Å². The Kier molecular flexibility index (Phi) is 11.5. The van der Waals surface area contributed by atoms with Gasteiger partial charge < -0.3 is 5.11 Å². The molecule has 0 amide bonds. The first kappa shape index (κ1) is 18.8. The zero-order chi connectivity index (χ0) is 15.9. The number of rotatable bonds is 13. The number of phenols is 1. The minimum Gasteiger partial charge on any atom is -0.508 e. The van der Waals surface area contributed by atoms with Crippen molar-refractivity contribution in [1.29, 1.82) is 0 Å². The van der Waals surface area contributed by atoms with E-state index >= 15 is 0 Å². The molecule has 1 aromatic carbocycles. The largest absolute Gasteiger partial charge is 0.508 e. The van der Waals surface area contributed by atoms with Gasteiger partial charge in [0.1, 0.15) is 5.75 Å². The predicted octanol–water partition coefficient (Wildman–Crippen LogP) is 6.80. The Morgan fingerprint density at radius 1 is 0.818 bits per heavy atom. The third kappa shape index (κ3) is 10.5. The third-order valence-electron chi connectivity index (χ3n) is 4.12. The maximum atomic E-state index is 9.41. The Morgan fingerprint density at radius 3 is 2.14 bits per heavy atom. The summed E-state index contributed by atoms with van der Waals surface area (Å²) < 4.78 is 0. The summed E-state index contributed by atoms with van der Waals surface area (Å²) >= 11 is 0. The normalized spacial score (nSPS) is 11.3. The van der Waals surface area contributed by atoms with Crippen molar-refractivity contribution in [3.8, 4) is 5.75 Å². The van der Waals surface area contributed by atoms with E-state index < -0.39 is 0 Å². The molecule has 0 heterocycles. The minimum atomic E-state index is 0.391. The first-order valence-corrected chi connectivity index (χ1v) is 9.26. The molecular formula is C21H34O. The molecule has 124 valence electrons. The van der Waals surface area contributed by atoms with Crippen LogP contribution in [0.5, 0.6) is 5.75 Å². The van der Waals surface area contributed by atoms with Gasteiger partial charge in [0, 0.05) is 0 Å². The van der Waals surface area contributed by atoms with Gasteiger partial charge in [-0.1, -0.05) is 76.2 Å². The molecule has 0 fully saturated rings. The van der Waals surface area contributed by atoms with Crippen LogP contribution in [0.1, 0.15) is 83.1 Å². The van der Waals surface area contributed by atoms with Crippen LogP contribution in [0.15, 0.2) is 36.4 Å². The van der Waals surface area contributed by atoms with Crippen LogP contribution >= 0.6 is 0 Å². The molecule has 1 rings (SSSR count). The van der Waals surface area contributed by atoms with Crippen molar-refractivity contribution < 1.29 is 5.11 Å². The number of hydrogen-bond donors (Lipinski definition) is 1. The van der Waals surface area contributed by atoms with Gasteiger partial charge in [0.25, 0.3) is 0 Å². The van der Waals surface area contributed by atoms with Crippen molar-refractivity contribution in [3.05, 3.63) is 42.0 Å². The first-order valence-electron chi connectivity index (χ1n) is 9.26. The lowest BCUT2D eigenvalue weighted by molar-refractivity contribution is 0.474. The highest BCUT2D eigenvalue weighted by Gasteiger charge is 1.96. The van der Waals surface area contributed by atoms with E-state index in [0.29, 0.717) is 5.75 Å². The third-order valence-corrected chi connectivity index (χ3v) is 4.12. The Bertz CT molecular complexity index is 395. The van der Waals surface area contributed by atoms with Crippen LogP contribution in [0.25, 0.3) is 0 Å². The molecule has 0 bridgehead atoms. The predicted molar refractivity (Wildman–Crippen MR) is 97.4 cm³/mol. The summed E-state index contributed by atoms with van der Waals surface area (Å²) in [4.78, 5) is 0. The van der Waals surface area contributed by atoms with Crippen molar-refractivity contribution in [2.24, 2.45) is 0 Å². The lowest BCUT2D eigenvalue weighted by atomic mass is 10.0. The highest BCUT2D eigenvalue weighted by molar-refractivity contribution is 5.27. The van der Waals surface area contributed by atoms with E-state index in [0.717, 1.165) is 6.42 Å². The number of unbranched alkanes of at least 4 members (excludes halogenated alkanes) is 9. The van der Waals surface area contributed by atoms with Crippen molar-refractivity contribution in [3.63, 3.8) is 0 Å². The molecule has 0 saturated carbocycles. The second kappa shape index (κ2) is 13.4. The van der Waals surface area contributed by atoms with Crippen LogP contribution in [-0.4, -0.2) is 5.11 Å². The van der Waals surface area contributed by atoms with E-state index in [1.807, 2.05) is 12.1 Å². The molecule has 0 atom stereocenters. The lowest BCUT2D eigenvalue weighted by Crippen LogP contribution is -1.86. The van der Waals surface area contributed by atoms with Gasteiger partial charge in [0.2, 0.25) is 0 Å². The van der Waals surface area contributed by atoms with Crippen molar-refractivity contribution >= 4 is 0 Å². The smallest absolute Gasteiger partial charge is 0.115 e. The molecular weight excluding hydrogens is 268 g/mol. The molecule has 1 N–H and O–H groups in total. The quantitative estimate of drug-likeness (QED) is 0.314. The average Bonchev–Trinajstić information content (AvgIpc) is 2.52. The van der Waals surface area contributed by atoms with E-state index in [1.54, 1.807) is 6.07 Å². The SMILES string of the molecule is CCC/C=C\CCCCCCCCCCc1cccc(O)c1. The number of aromatic hydroxyl groups is 1. The van der Waals surface area contributed by atoms with Crippen LogP contribution < -0.4 is 0 Å². The fourth-order valence-electron chi connectivity index (χ4n) is 2.77. The lowest BCUT2D eigenvalue weighted by Gasteiger charge is -2.03.